The summed E-state index contributed by atoms with van der Waals surface area (Å²) in [5.74, 6) is -0.375. The highest BCUT2D eigenvalue weighted by molar-refractivity contribution is 6.30. The third-order valence-electron chi connectivity index (χ3n) is 3.67. The molecule has 0 aromatic heterocycles. The van der Waals surface area contributed by atoms with Crippen molar-refractivity contribution in [3.05, 3.63) is 64.7 Å². The van der Waals surface area contributed by atoms with Crippen molar-refractivity contribution >= 4 is 29.1 Å². The second kappa shape index (κ2) is 9.08. The van der Waals surface area contributed by atoms with Crippen LogP contribution in [-0.4, -0.2) is 18.4 Å². The van der Waals surface area contributed by atoms with Crippen molar-refractivity contribution in [1.29, 1.82) is 0 Å². The van der Waals surface area contributed by atoms with Gasteiger partial charge in [-0.2, -0.15) is 0 Å². The minimum absolute atomic E-state index is 0.0303. The van der Waals surface area contributed by atoms with Gasteiger partial charge in [0.1, 0.15) is 0 Å². The van der Waals surface area contributed by atoms with Gasteiger partial charge in [0.2, 0.25) is 11.8 Å². The summed E-state index contributed by atoms with van der Waals surface area (Å²) in [7, 11) is 0. The Bertz CT molecular complexity index is 699. The first-order chi connectivity index (χ1) is 11.6. The molecular weight excluding hydrogens is 324 g/mol. The highest BCUT2D eigenvalue weighted by Gasteiger charge is 2.08. The monoisotopic (exact) mass is 344 g/mol. The summed E-state index contributed by atoms with van der Waals surface area (Å²) in [6.45, 7) is 2.00. The van der Waals surface area contributed by atoms with E-state index < -0.39 is 0 Å². The van der Waals surface area contributed by atoms with Crippen LogP contribution in [0.5, 0.6) is 0 Å². The molecule has 0 aliphatic heterocycles. The molecule has 0 atom stereocenters. The van der Waals surface area contributed by atoms with Crippen LogP contribution in [0, 0.1) is 0 Å². The van der Waals surface area contributed by atoms with Gasteiger partial charge in [0.15, 0.2) is 0 Å². The van der Waals surface area contributed by atoms with Crippen molar-refractivity contribution in [3.8, 4) is 0 Å². The van der Waals surface area contributed by atoms with E-state index >= 15 is 0 Å². The molecule has 2 aromatic carbocycles. The Hall–Kier alpha value is -2.33. The molecule has 2 amide bonds. The fourth-order valence-electron chi connectivity index (χ4n) is 2.32. The number of nitrogens with one attached hydrogen (secondary N) is 2. The molecule has 0 spiro atoms. The quantitative estimate of drug-likeness (QED) is 0.806. The number of carbonyl (C=O) groups excluding carboxylic acids is 2. The molecule has 2 rings (SSSR count). The van der Waals surface area contributed by atoms with E-state index in [2.05, 4.69) is 10.6 Å². The van der Waals surface area contributed by atoms with Crippen molar-refractivity contribution in [2.75, 3.05) is 11.9 Å². The Morgan fingerprint density at radius 3 is 2.42 bits per heavy atom. The lowest BCUT2D eigenvalue weighted by molar-refractivity contribution is -0.124. The summed E-state index contributed by atoms with van der Waals surface area (Å²) in [4.78, 5) is 23.8. The number of para-hydroxylation sites is 1. The Balaban J connectivity index is 1.74. The van der Waals surface area contributed by atoms with Gasteiger partial charge < -0.3 is 10.6 Å². The summed E-state index contributed by atoms with van der Waals surface area (Å²) in [5.41, 5.74) is 2.90. The fraction of sp³-hybridized carbons (Fsp3) is 0.263. The van der Waals surface area contributed by atoms with E-state index in [-0.39, 0.29) is 18.4 Å². The summed E-state index contributed by atoms with van der Waals surface area (Å²) in [5, 5.41) is 6.15. The molecular formula is C19H21ClN2O2. The van der Waals surface area contributed by atoms with Crippen LogP contribution >= 0.6 is 11.6 Å². The molecule has 126 valence electrons. The maximum absolute atomic E-state index is 12.0. The minimum Gasteiger partial charge on any atom is -0.347 e. The first-order valence-corrected chi connectivity index (χ1v) is 8.35. The number of halogens is 1. The highest BCUT2D eigenvalue weighted by atomic mass is 35.5. The largest absolute Gasteiger partial charge is 0.347 e. The lowest BCUT2D eigenvalue weighted by Gasteiger charge is -2.10. The van der Waals surface area contributed by atoms with E-state index in [1.54, 1.807) is 12.1 Å². The maximum Gasteiger partial charge on any atom is 0.243 e. The molecule has 0 unspecified atom stereocenters. The van der Waals surface area contributed by atoms with E-state index in [4.69, 9.17) is 11.6 Å². The van der Waals surface area contributed by atoms with Crippen molar-refractivity contribution in [1.82, 2.24) is 5.32 Å². The number of anilines is 1. The van der Waals surface area contributed by atoms with Crippen LogP contribution in [0.2, 0.25) is 5.02 Å². The number of aryl methyl sites for hydroxylation is 2. The smallest absolute Gasteiger partial charge is 0.243 e. The molecule has 0 heterocycles. The van der Waals surface area contributed by atoms with Gasteiger partial charge in [-0.15, -0.1) is 0 Å². The standard InChI is InChI=1S/C19H21ClN2O2/c1-2-15-5-3-4-6-17(15)22-19(24)13-21-18(23)12-9-14-7-10-16(20)11-8-14/h3-8,10-11H,2,9,12-13H2,1H3,(H,21,23)(H,22,24). The molecule has 24 heavy (non-hydrogen) atoms. The molecule has 0 saturated heterocycles. The van der Waals surface area contributed by atoms with Gasteiger partial charge in [0.05, 0.1) is 6.54 Å². The van der Waals surface area contributed by atoms with Crippen molar-refractivity contribution in [2.45, 2.75) is 26.2 Å². The van der Waals surface area contributed by atoms with Gasteiger partial charge in [-0.05, 0) is 42.2 Å². The third kappa shape index (κ3) is 5.70. The van der Waals surface area contributed by atoms with E-state index in [1.165, 1.54) is 0 Å². The Kier molecular flexibility index (Phi) is 6.82. The van der Waals surface area contributed by atoms with Gasteiger partial charge in [-0.25, -0.2) is 0 Å². The second-order valence-corrected chi connectivity index (χ2v) is 5.90. The molecule has 5 heteroatoms. The van der Waals surface area contributed by atoms with E-state index in [0.29, 0.717) is 17.9 Å². The van der Waals surface area contributed by atoms with Gasteiger partial charge in [-0.3, -0.25) is 9.59 Å². The summed E-state index contributed by atoms with van der Waals surface area (Å²) < 4.78 is 0. The Morgan fingerprint density at radius 2 is 1.71 bits per heavy atom. The zero-order chi connectivity index (χ0) is 17.4. The van der Waals surface area contributed by atoms with Crippen LogP contribution in [0.25, 0.3) is 0 Å². The van der Waals surface area contributed by atoms with Crippen LogP contribution < -0.4 is 10.6 Å². The van der Waals surface area contributed by atoms with Gasteiger partial charge >= 0.3 is 0 Å². The average molecular weight is 345 g/mol. The van der Waals surface area contributed by atoms with E-state index in [9.17, 15) is 9.59 Å². The lowest BCUT2D eigenvalue weighted by atomic mass is 10.1. The average Bonchev–Trinajstić information content (AvgIpc) is 2.60. The molecule has 0 aliphatic carbocycles. The van der Waals surface area contributed by atoms with E-state index in [1.807, 2.05) is 43.3 Å². The zero-order valence-corrected chi connectivity index (χ0v) is 14.4. The molecule has 0 bridgehead atoms. The zero-order valence-electron chi connectivity index (χ0n) is 13.6. The maximum atomic E-state index is 12.0. The molecule has 2 aromatic rings. The summed E-state index contributed by atoms with van der Waals surface area (Å²) in [6.07, 6.45) is 1.79. The van der Waals surface area contributed by atoms with Crippen LogP contribution in [-0.2, 0) is 22.4 Å². The molecule has 0 saturated carbocycles. The topological polar surface area (TPSA) is 58.2 Å². The fourth-order valence-corrected chi connectivity index (χ4v) is 2.45. The number of benzene rings is 2. The predicted molar refractivity (Wildman–Crippen MR) is 97.2 cm³/mol. The molecule has 4 nitrogen and oxygen atoms in total. The number of rotatable bonds is 7. The van der Waals surface area contributed by atoms with Crippen LogP contribution in [0.1, 0.15) is 24.5 Å². The SMILES string of the molecule is CCc1ccccc1NC(=O)CNC(=O)CCc1ccc(Cl)cc1. The lowest BCUT2D eigenvalue weighted by Crippen LogP contribution is -2.33. The third-order valence-corrected chi connectivity index (χ3v) is 3.92. The number of hydrogen-bond donors (Lipinski definition) is 2. The number of carbonyl (C=O) groups is 2. The minimum atomic E-state index is -0.226. The number of amides is 2. The Labute approximate surface area is 147 Å². The molecule has 0 fully saturated rings. The first-order valence-electron chi connectivity index (χ1n) is 7.97. The van der Waals surface area contributed by atoms with Gasteiger partial charge in [-0.1, -0.05) is 48.9 Å². The van der Waals surface area contributed by atoms with Gasteiger partial charge in [0, 0.05) is 17.1 Å². The number of hydrogen-bond acceptors (Lipinski definition) is 2. The highest BCUT2D eigenvalue weighted by Crippen LogP contribution is 2.15. The molecule has 0 aliphatic rings. The second-order valence-electron chi connectivity index (χ2n) is 5.46. The van der Waals surface area contributed by atoms with Crippen LogP contribution in [0.15, 0.2) is 48.5 Å². The molecule has 2 N–H and O–H groups in total. The first kappa shape index (κ1) is 18.0. The van der Waals surface area contributed by atoms with Crippen molar-refractivity contribution < 1.29 is 9.59 Å². The summed E-state index contributed by atoms with van der Waals surface area (Å²) in [6, 6.07) is 15.0. The summed E-state index contributed by atoms with van der Waals surface area (Å²) >= 11 is 5.82. The Morgan fingerprint density at radius 1 is 1.00 bits per heavy atom. The van der Waals surface area contributed by atoms with Crippen LogP contribution in [0.3, 0.4) is 0 Å². The van der Waals surface area contributed by atoms with Crippen LogP contribution in [0.4, 0.5) is 5.69 Å². The van der Waals surface area contributed by atoms with Gasteiger partial charge in [0.25, 0.3) is 0 Å². The normalized spacial score (nSPS) is 10.2. The van der Waals surface area contributed by atoms with E-state index in [0.717, 1.165) is 23.2 Å². The molecule has 0 radical (unpaired) electrons. The van der Waals surface area contributed by atoms with Crippen molar-refractivity contribution in [3.63, 3.8) is 0 Å². The predicted octanol–water partition coefficient (Wildman–Crippen LogP) is 3.59. The van der Waals surface area contributed by atoms with Crippen molar-refractivity contribution in [2.24, 2.45) is 0 Å².